The quantitative estimate of drug-likeness (QED) is 0.369. The summed E-state index contributed by atoms with van der Waals surface area (Å²) in [6, 6.07) is 2.11. The molecule has 0 aromatic rings. The Labute approximate surface area is 237 Å². The highest BCUT2D eigenvalue weighted by molar-refractivity contribution is 7.94. The molecule has 9 heteroatoms. The lowest BCUT2D eigenvalue weighted by Crippen LogP contribution is -2.74. The molecule has 5 rings (SSSR count). The summed E-state index contributed by atoms with van der Waals surface area (Å²) in [7, 11) is -4.17. The van der Waals surface area contributed by atoms with Gasteiger partial charge in [0, 0.05) is 27.7 Å². The minimum atomic E-state index is -4.17. The van der Waals surface area contributed by atoms with Gasteiger partial charge in [-0.2, -0.15) is 23.7 Å². The Morgan fingerprint density at radius 1 is 0.950 bits per heavy atom. The second-order valence-electron chi connectivity index (χ2n) is 15.1. The molecular weight excluding hydrogens is 526 g/mol. The molecule has 0 amide bonds. The molecule has 5 aliphatic rings. The predicted octanol–water partition coefficient (Wildman–Crippen LogP) is 4.47. The van der Waals surface area contributed by atoms with Crippen LogP contribution in [0.15, 0.2) is 23.3 Å². The molecule has 0 spiro atoms. The molecule has 216 valence electrons. The summed E-state index contributed by atoms with van der Waals surface area (Å²) in [4.78, 5) is 27.6. The van der Waals surface area contributed by atoms with Crippen molar-refractivity contribution in [2.75, 3.05) is 0 Å². The van der Waals surface area contributed by atoms with E-state index in [9.17, 15) is 28.4 Å². The van der Waals surface area contributed by atoms with Gasteiger partial charge >= 0.3 is 10.0 Å². The number of hydrogen-bond donors (Lipinski definition) is 2. The molecule has 0 saturated heterocycles. The van der Waals surface area contributed by atoms with E-state index in [4.69, 9.17) is 5.26 Å². The van der Waals surface area contributed by atoms with Crippen LogP contribution in [0.5, 0.6) is 0 Å². The number of rotatable bonds is 2. The Bertz CT molecular complexity index is 1480. The molecule has 8 unspecified atom stereocenters. The Morgan fingerprint density at radius 3 is 2.17 bits per heavy atom. The van der Waals surface area contributed by atoms with Crippen molar-refractivity contribution in [3.63, 3.8) is 0 Å². The van der Waals surface area contributed by atoms with Crippen molar-refractivity contribution in [3.05, 3.63) is 23.3 Å². The van der Waals surface area contributed by atoms with Crippen LogP contribution in [0.4, 0.5) is 0 Å². The van der Waals surface area contributed by atoms with E-state index >= 15 is 0 Å². The van der Waals surface area contributed by atoms with Crippen LogP contribution >= 0.6 is 0 Å². The van der Waals surface area contributed by atoms with E-state index in [-0.39, 0.29) is 34.9 Å². The molecule has 5 aliphatic carbocycles. The average Bonchev–Trinajstić information content (AvgIpc) is 2.86. The zero-order valence-electron chi connectivity index (χ0n) is 24.6. The maximum absolute atomic E-state index is 14.4. The number of nitrogens with one attached hydrogen (secondary N) is 1. The number of Topliss-reactive ketones (excluding diaryl/α,β-unsaturated/α-hetero) is 1. The molecule has 8 atom stereocenters. The third-order valence-electron chi connectivity index (χ3n) is 12.8. The zero-order chi connectivity index (χ0) is 29.9. The second kappa shape index (κ2) is 8.15. The number of aliphatic hydroxyl groups is 1. The van der Waals surface area contributed by atoms with Gasteiger partial charge in [0.2, 0.25) is 5.40 Å². The Balaban J connectivity index is 1.69. The van der Waals surface area contributed by atoms with Crippen molar-refractivity contribution in [3.8, 4) is 11.5 Å². The SMILES string of the molecule is CC1(NS(=O)(=O)C#N)CCC2(C)CCC3(C)C4(C)CCC5C(C)(C)C(=O)C(C#N)=CC5(C)C4=CC(=O)C3(O)C2C1. The first kappa shape index (κ1) is 29.2. The van der Waals surface area contributed by atoms with Gasteiger partial charge in [-0.25, -0.2) is 0 Å². The Hall–Kier alpha value is -2.33. The first-order valence-corrected chi connectivity index (χ1v) is 15.8. The van der Waals surface area contributed by atoms with Crippen molar-refractivity contribution in [2.24, 2.45) is 38.9 Å². The van der Waals surface area contributed by atoms with Crippen LogP contribution < -0.4 is 4.72 Å². The van der Waals surface area contributed by atoms with Crippen LogP contribution in [0.25, 0.3) is 0 Å². The number of sulfonamides is 1. The molecule has 2 N–H and O–H groups in total. The van der Waals surface area contributed by atoms with E-state index in [0.717, 1.165) is 12.0 Å². The Morgan fingerprint density at radius 2 is 1.57 bits per heavy atom. The number of hydrogen-bond acceptors (Lipinski definition) is 7. The minimum absolute atomic E-state index is 0.0984. The predicted molar refractivity (Wildman–Crippen MR) is 148 cm³/mol. The number of nitriles is 2. The van der Waals surface area contributed by atoms with Crippen LogP contribution in [0.2, 0.25) is 0 Å². The van der Waals surface area contributed by atoms with Crippen LogP contribution in [-0.2, 0) is 19.6 Å². The summed E-state index contributed by atoms with van der Waals surface area (Å²) in [5.74, 6) is -1.17. The van der Waals surface area contributed by atoms with Gasteiger partial charge in [-0.05, 0) is 80.3 Å². The molecule has 0 aliphatic heterocycles. The minimum Gasteiger partial charge on any atom is -0.381 e. The fraction of sp³-hybridized carbons (Fsp3) is 0.742. The van der Waals surface area contributed by atoms with Gasteiger partial charge in [0.05, 0.1) is 5.57 Å². The topological polar surface area (TPSA) is 148 Å². The smallest absolute Gasteiger partial charge is 0.305 e. The molecule has 0 radical (unpaired) electrons. The highest BCUT2D eigenvalue weighted by Gasteiger charge is 2.75. The number of fused-ring (bicyclic) bond motifs is 7. The number of thiocyanates is 1. The first-order chi connectivity index (χ1) is 18.2. The summed E-state index contributed by atoms with van der Waals surface area (Å²) in [6.07, 6.45) is 7.53. The zero-order valence-corrected chi connectivity index (χ0v) is 25.5. The van der Waals surface area contributed by atoms with Gasteiger partial charge < -0.3 is 5.11 Å². The summed E-state index contributed by atoms with van der Waals surface area (Å²) in [5.41, 5.74) is -5.04. The van der Waals surface area contributed by atoms with Gasteiger partial charge in [-0.3, -0.25) is 9.59 Å². The lowest BCUT2D eigenvalue weighted by Gasteiger charge is -2.71. The number of ketones is 2. The molecule has 0 aromatic carbocycles. The second-order valence-corrected chi connectivity index (χ2v) is 16.5. The van der Waals surface area contributed by atoms with Gasteiger partial charge in [0.25, 0.3) is 0 Å². The van der Waals surface area contributed by atoms with E-state index in [1.165, 1.54) is 5.40 Å². The molecule has 0 bridgehead atoms. The van der Waals surface area contributed by atoms with E-state index in [1.54, 1.807) is 19.1 Å². The van der Waals surface area contributed by atoms with Crippen LogP contribution in [0.3, 0.4) is 0 Å². The van der Waals surface area contributed by atoms with E-state index in [0.29, 0.717) is 32.1 Å². The van der Waals surface area contributed by atoms with Crippen LogP contribution in [0, 0.1) is 60.9 Å². The van der Waals surface area contributed by atoms with Crippen molar-refractivity contribution >= 4 is 21.6 Å². The fourth-order valence-electron chi connectivity index (χ4n) is 10.2. The first-order valence-electron chi connectivity index (χ1n) is 14.3. The number of allylic oxidation sites excluding steroid dienone is 3. The maximum atomic E-state index is 14.4. The lowest BCUT2D eigenvalue weighted by atomic mass is 9.33. The molecule has 40 heavy (non-hydrogen) atoms. The van der Waals surface area contributed by atoms with Crippen molar-refractivity contribution in [1.29, 1.82) is 10.5 Å². The maximum Gasteiger partial charge on any atom is 0.305 e. The fourth-order valence-corrected chi connectivity index (χ4v) is 11.1. The summed E-state index contributed by atoms with van der Waals surface area (Å²) >= 11 is 0. The molecular formula is C31H41N3O5S. The van der Waals surface area contributed by atoms with Crippen molar-refractivity contribution in [1.82, 2.24) is 4.72 Å². The van der Waals surface area contributed by atoms with E-state index < -0.39 is 48.7 Å². The number of nitrogens with zero attached hydrogens (tertiary/aromatic N) is 2. The monoisotopic (exact) mass is 567 g/mol. The summed E-state index contributed by atoms with van der Waals surface area (Å²) in [5, 5.41) is 33.2. The Kier molecular flexibility index (Phi) is 5.94. The largest absolute Gasteiger partial charge is 0.381 e. The van der Waals surface area contributed by atoms with Crippen molar-refractivity contribution < 1.29 is 23.1 Å². The highest BCUT2D eigenvalue weighted by atomic mass is 32.2. The van der Waals surface area contributed by atoms with Gasteiger partial charge in [-0.1, -0.05) is 47.6 Å². The highest BCUT2D eigenvalue weighted by Crippen LogP contribution is 2.75. The number of carbonyl (C=O) groups excluding carboxylic acids is 2. The molecule has 8 nitrogen and oxygen atoms in total. The standard InChI is InChI=1S/C31H41N3O5S/c1-25(2)20-8-9-29(6)21(28(20,5)15-19(17-32)24(25)36)14-23(35)31(37)22-16-27(4,34-40(38,39)18-33)12-10-26(22,3)11-13-30(29,31)7/h14-15,20,22,34,37H,8-13,16H2,1-7H3. The third-order valence-corrected chi connectivity index (χ3v) is 13.8. The third kappa shape index (κ3) is 3.38. The normalized spacial score (nSPS) is 47.8. The number of carbonyl (C=O) groups is 2. The van der Waals surface area contributed by atoms with Crippen LogP contribution in [0.1, 0.15) is 93.4 Å². The molecule has 0 heterocycles. The molecule has 3 fully saturated rings. The van der Waals surface area contributed by atoms with Crippen LogP contribution in [-0.4, -0.2) is 36.2 Å². The van der Waals surface area contributed by atoms with Gasteiger partial charge in [-0.15, -0.1) is 0 Å². The van der Waals surface area contributed by atoms with Crippen molar-refractivity contribution in [2.45, 2.75) is 105 Å². The van der Waals surface area contributed by atoms with Gasteiger partial charge in [0.1, 0.15) is 11.7 Å². The van der Waals surface area contributed by atoms with Gasteiger partial charge in [0.15, 0.2) is 11.6 Å². The average molecular weight is 568 g/mol. The lowest BCUT2D eigenvalue weighted by molar-refractivity contribution is -0.239. The molecule has 0 aromatic heterocycles. The summed E-state index contributed by atoms with van der Waals surface area (Å²) in [6.45, 7) is 13.8. The van der Waals surface area contributed by atoms with E-state index in [1.807, 2.05) is 27.7 Å². The molecule has 3 saturated carbocycles. The van der Waals surface area contributed by atoms with E-state index in [2.05, 4.69) is 24.6 Å². The summed E-state index contributed by atoms with van der Waals surface area (Å²) < 4.78 is 27.1.